The van der Waals surface area contributed by atoms with E-state index < -0.39 is 11.9 Å². The molecule has 1 N–H and O–H groups in total. The van der Waals surface area contributed by atoms with Crippen molar-refractivity contribution >= 4 is 40.8 Å². The monoisotopic (exact) mass is 488 g/mol. The molecule has 1 unspecified atom stereocenters. The van der Waals surface area contributed by atoms with Crippen LogP contribution in [0.2, 0.25) is 10.0 Å². The van der Waals surface area contributed by atoms with Crippen LogP contribution in [0.1, 0.15) is 59.9 Å². The lowest BCUT2D eigenvalue weighted by atomic mass is 9.88. The van der Waals surface area contributed by atoms with Crippen LogP contribution in [-0.2, 0) is 11.2 Å². The van der Waals surface area contributed by atoms with Crippen molar-refractivity contribution in [1.29, 1.82) is 0 Å². The molecular formula is C26H30Cl2N2O3. The second-order valence-electron chi connectivity index (χ2n) is 9.06. The van der Waals surface area contributed by atoms with E-state index in [0.29, 0.717) is 31.8 Å². The molecule has 0 bridgehead atoms. The zero-order valence-corrected chi connectivity index (χ0v) is 20.7. The van der Waals surface area contributed by atoms with E-state index in [9.17, 15) is 14.4 Å². The number of amides is 2. The molecule has 0 aliphatic carbocycles. The standard InChI is InChI=1S/C26H30Cl2N2O3/c1-16(2)15-18-7-9-19(10-8-18)24(31)20-11-13-30(14-12-20)26(33)17(3)29-25(32)21-5-4-6-22(27)23(21)28/h4-10,16-17,20H,11-15H2,1-3H3,(H,29,32). The number of hydrogen-bond acceptors (Lipinski definition) is 3. The van der Waals surface area contributed by atoms with Crippen LogP contribution >= 0.6 is 23.2 Å². The first-order chi connectivity index (χ1) is 15.7. The minimum absolute atomic E-state index is 0.0971. The van der Waals surface area contributed by atoms with Crippen molar-refractivity contribution < 1.29 is 14.4 Å². The van der Waals surface area contributed by atoms with Gasteiger partial charge >= 0.3 is 0 Å². The van der Waals surface area contributed by atoms with Gasteiger partial charge in [-0.3, -0.25) is 14.4 Å². The third kappa shape index (κ3) is 6.36. The number of nitrogens with zero attached hydrogens (tertiary/aromatic N) is 1. The van der Waals surface area contributed by atoms with Crippen molar-refractivity contribution in [2.24, 2.45) is 11.8 Å². The first kappa shape index (κ1) is 25.3. The maximum absolute atomic E-state index is 12.9. The van der Waals surface area contributed by atoms with Crippen molar-refractivity contribution in [2.45, 2.75) is 46.1 Å². The molecule has 1 heterocycles. The zero-order valence-electron chi connectivity index (χ0n) is 19.2. The maximum Gasteiger partial charge on any atom is 0.253 e. The highest BCUT2D eigenvalue weighted by Gasteiger charge is 2.30. The summed E-state index contributed by atoms with van der Waals surface area (Å²) in [4.78, 5) is 40.0. The average molecular weight is 489 g/mol. The normalized spacial score (nSPS) is 15.4. The van der Waals surface area contributed by atoms with Gasteiger partial charge in [0.25, 0.3) is 5.91 Å². The number of benzene rings is 2. The van der Waals surface area contributed by atoms with Gasteiger partial charge in [0, 0.05) is 24.6 Å². The summed E-state index contributed by atoms with van der Waals surface area (Å²) in [5, 5.41) is 3.14. The van der Waals surface area contributed by atoms with Gasteiger partial charge in [-0.1, -0.05) is 67.4 Å². The average Bonchev–Trinajstić information content (AvgIpc) is 2.80. The van der Waals surface area contributed by atoms with Crippen molar-refractivity contribution in [3.8, 4) is 0 Å². The lowest BCUT2D eigenvalue weighted by molar-refractivity contribution is -0.134. The smallest absolute Gasteiger partial charge is 0.253 e. The van der Waals surface area contributed by atoms with Crippen LogP contribution < -0.4 is 5.32 Å². The number of hydrogen-bond donors (Lipinski definition) is 1. The van der Waals surface area contributed by atoms with Crippen LogP contribution in [-0.4, -0.2) is 41.6 Å². The fourth-order valence-corrected chi connectivity index (χ4v) is 4.55. The number of carbonyl (C=O) groups excluding carboxylic acids is 3. The highest BCUT2D eigenvalue weighted by Crippen LogP contribution is 2.26. The number of likely N-dealkylation sites (tertiary alicyclic amines) is 1. The summed E-state index contributed by atoms with van der Waals surface area (Å²) in [6.45, 7) is 6.96. The van der Waals surface area contributed by atoms with Crippen molar-refractivity contribution in [2.75, 3.05) is 13.1 Å². The lowest BCUT2D eigenvalue weighted by Crippen LogP contribution is -2.50. The molecule has 0 aromatic heterocycles. The predicted octanol–water partition coefficient (Wildman–Crippen LogP) is 5.43. The molecule has 0 saturated carbocycles. The number of Topliss-reactive ketones (excluding diaryl/α,β-unsaturated/α-hetero) is 1. The number of carbonyl (C=O) groups is 3. The Labute approximate surface area is 205 Å². The molecule has 1 saturated heterocycles. The van der Waals surface area contributed by atoms with Gasteiger partial charge in [0.05, 0.1) is 15.6 Å². The highest BCUT2D eigenvalue weighted by atomic mass is 35.5. The van der Waals surface area contributed by atoms with Gasteiger partial charge in [-0.25, -0.2) is 0 Å². The van der Waals surface area contributed by atoms with E-state index in [0.717, 1.165) is 12.0 Å². The Kier molecular flexibility index (Phi) is 8.55. The molecule has 2 aromatic carbocycles. The van der Waals surface area contributed by atoms with E-state index >= 15 is 0 Å². The molecule has 1 aliphatic heterocycles. The maximum atomic E-state index is 12.9. The van der Waals surface area contributed by atoms with E-state index in [1.165, 1.54) is 5.56 Å². The van der Waals surface area contributed by atoms with E-state index in [-0.39, 0.29) is 33.2 Å². The highest BCUT2D eigenvalue weighted by molar-refractivity contribution is 6.43. The topological polar surface area (TPSA) is 66.5 Å². The third-order valence-electron chi connectivity index (χ3n) is 5.97. The number of nitrogens with one attached hydrogen (secondary N) is 1. The molecule has 1 fully saturated rings. The number of halogens is 2. The lowest BCUT2D eigenvalue weighted by Gasteiger charge is -2.33. The van der Waals surface area contributed by atoms with Crippen LogP contribution in [0.4, 0.5) is 0 Å². The minimum atomic E-state index is -0.715. The third-order valence-corrected chi connectivity index (χ3v) is 6.79. The molecule has 1 atom stereocenters. The van der Waals surface area contributed by atoms with Crippen LogP contribution in [0.15, 0.2) is 42.5 Å². The Balaban J connectivity index is 1.53. The summed E-state index contributed by atoms with van der Waals surface area (Å²) in [6, 6.07) is 12.0. The molecular weight excluding hydrogens is 459 g/mol. The Morgan fingerprint density at radius 1 is 1.00 bits per heavy atom. The number of piperidine rings is 1. The van der Waals surface area contributed by atoms with Crippen molar-refractivity contribution in [1.82, 2.24) is 10.2 Å². The van der Waals surface area contributed by atoms with Gasteiger partial charge in [-0.15, -0.1) is 0 Å². The van der Waals surface area contributed by atoms with Gasteiger partial charge in [-0.05, 0) is 49.8 Å². The zero-order chi connectivity index (χ0) is 24.1. The molecule has 5 nitrogen and oxygen atoms in total. The fraction of sp³-hybridized carbons (Fsp3) is 0.423. The van der Waals surface area contributed by atoms with Gasteiger partial charge in [0.2, 0.25) is 5.91 Å². The minimum Gasteiger partial charge on any atom is -0.341 e. The van der Waals surface area contributed by atoms with Crippen molar-refractivity contribution in [3.05, 3.63) is 69.2 Å². The van der Waals surface area contributed by atoms with E-state index in [1.54, 1.807) is 30.0 Å². The molecule has 1 aliphatic rings. The molecule has 7 heteroatoms. The van der Waals surface area contributed by atoms with Crippen LogP contribution in [0, 0.1) is 11.8 Å². The van der Waals surface area contributed by atoms with Gasteiger partial charge in [0.1, 0.15) is 6.04 Å². The number of rotatable bonds is 7. The Morgan fingerprint density at radius 3 is 2.24 bits per heavy atom. The molecule has 176 valence electrons. The Morgan fingerprint density at radius 2 is 1.64 bits per heavy atom. The predicted molar refractivity (Wildman–Crippen MR) is 132 cm³/mol. The summed E-state index contributed by atoms with van der Waals surface area (Å²) >= 11 is 12.1. The molecule has 0 spiro atoms. The summed E-state index contributed by atoms with van der Waals surface area (Å²) in [7, 11) is 0. The fourth-order valence-electron chi connectivity index (χ4n) is 4.16. The van der Waals surface area contributed by atoms with E-state index in [4.69, 9.17) is 23.2 Å². The second-order valence-corrected chi connectivity index (χ2v) is 9.84. The number of ketones is 1. The van der Waals surface area contributed by atoms with Crippen LogP contribution in [0.25, 0.3) is 0 Å². The molecule has 3 rings (SSSR count). The van der Waals surface area contributed by atoms with E-state index in [2.05, 4.69) is 19.2 Å². The van der Waals surface area contributed by atoms with Gasteiger partial charge < -0.3 is 10.2 Å². The summed E-state index contributed by atoms with van der Waals surface area (Å²) in [6.07, 6.45) is 2.21. The van der Waals surface area contributed by atoms with E-state index in [1.807, 2.05) is 24.3 Å². The quantitative estimate of drug-likeness (QED) is 0.528. The molecule has 0 radical (unpaired) electrons. The second kappa shape index (κ2) is 11.2. The largest absolute Gasteiger partial charge is 0.341 e. The molecule has 2 amide bonds. The molecule has 33 heavy (non-hydrogen) atoms. The SMILES string of the molecule is CC(C)Cc1ccc(C(=O)C2CCN(C(=O)C(C)NC(=O)c3cccc(Cl)c3Cl)CC2)cc1. The first-order valence-corrected chi connectivity index (χ1v) is 12.1. The Bertz CT molecular complexity index is 1010. The van der Waals surface area contributed by atoms with Crippen LogP contribution in [0.5, 0.6) is 0 Å². The van der Waals surface area contributed by atoms with Crippen LogP contribution in [0.3, 0.4) is 0 Å². The Hall–Kier alpha value is -2.37. The van der Waals surface area contributed by atoms with Crippen molar-refractivity contribution in [3.63, 3.8) is 0 Å². The summed E-state index contributed by atoms with van der Waals surface area (Å²) in [5.41, 5.74) is 2.19. The summed E-state index contributed by atoms with van der Waals surface area (Å²) in [5.74, 6) is -0.0156. The molecule has 2 aromatic rings. The van der Waals surface area contributed by atoms with Gasteiger partial charge in [-0.2, -0.15) is 0 Å². The van der Waals surface area contributed by atoms with Gasteiger partial charge in [0.15, 0.2) is 5.78 Å². The first-order valence-electron chi connectivity index (χ1n) is 11.3. The summed E-state index contributed by atoms with van der Waals surface area (Å²) < 4.78 is 0.